The van der Waals surface area contributed by atoms with Crippen molar-refractivity contribution in [2.45, 2.75) is 360 Å². The Morgan fingerprint density at radius 2 is 0.653 bits per heavy atom. The van der Waals surface area contributed by atoms with Crippen molar-refractivity contribution in [3.8, 4) is 0 Å². The Morgan fingerprint density at radius 3 is 0.986 bits per heavy atom. The molecule has 0 aliphatic heterocycles. The average Bonchev–Trinajstić information content (AvgIpc) is 3.38. The van der Waals surface area contributed by atoms with E-state index in [1.165, 1.54) is 276 Å². The third kappa shape index (κ3) is 57.4. The SMILES string of the molecule is CCCCCCCC/C=C\CCCCCCCCCC(=O)OCCCCCCCCCCCCCC/C=C\CCCCCCCCCCCCCCC(=O)NC(CO)C(O)/C=C/CCCCCCCCCC. The molecule has 0 aromatic carbocycles. The first kappa shape index (κ1) is 70.1. The molecule has 0 bridgehead atoms. The number of ether oxygens (including phenoxy) is 1. The van der Waals surface area contributed by atoms with Gasteiger partial charge in [-0.15, -0.1) is 0 Å². The molecule has 424 valence electrons. The molecule has 2 unspecified atom stereocenters. The number of aliphatic hydroxyl groups is 2. The number of unbranched alkanes of at least 4 members (excludes halogenated alkanes) is 45. The van der Waals surface area contributed by atoms with E-state index in [0.29, 0.717) is 19.4 Å². The largest absolute Gasteiger partial charge is 0.466 e. The molecule has 0 heterocycles. The summed E-state index contributed by atoms with van der Waals surface area (Å²) in [6.07, 6.45) is 77.8. The molecule has 0 saturated carbocycles. The van der Waals surface area contributed by atoms with Crippen LogP contribution in [0, 0.1) is 0 Å². The van der Waals surface area contributed by atoms with Crippen molar-refractivity contribution in [3.63, 3.8) is 0 Å². The normalized spacial score (nSPS) is 12.8. The maximum Gasteiger partial charge on any atom is 0.305 e. The van der Waals surface area contributed by atoms with E-state index >= 15 is 0 Å². The van der Waals surface area contributed by atoms with Crippen molar-refractivity contribution in [2.24, 2.45) is 0 Å². The summed E-state index contributed by atoms with van der Waals surface area (Å²) in [6.45, 7) is 4.89. The fraction of sp³-hybridized carbons (Fsp3) is 0.879. The maximum absolute atomic E-state index is 12.4. The Morgan fingerprint density at radius 1 is 0.375 bits per heavy atom. The highest BCUT2D eigenvalue weighted by Gasteiger charge is 2.18. The quantitative estimate of drug-likeness (QED) is 0.0320. The summed E-state index contributed by atoms with van der Waals surface area (Å²) in [7, 11) is 0. The van der Waals surface area contributed by atoms with Crippen LogP contribution < -0.4 is 5.32 Å². The fourth-order valence-corrected chi connectivity index (χ4v) is 9.92. The van der Waals surface area contributed by atoms with Crippen LogP contribution in [0.15, 0.2) is 36.5 Å². The van der Waals surface area contributed by atoms with Gasteiger partial charge < -0.3 is 20.3 Å². The van der Waals surface area contributed by atoms with Gasteiger partial charge in [0.1, 0.15) is 0 Å². The molecule has 0 fully saturated rings. The number of allylic oxidation sites excluding steroid dienone is 5. The van der Waals surface area contributed by atoms with Gasteiger partial charge in [-0.1, -0.05) is 288 Å². The number of hydrogen-bond acceptors (Lipinski definition) is 5. The molecule has 0 saturated heterocycles. The first-order valence-corrected chi connectivity index (χ1v) is 32.3. The number of amides is 1. The molecular formula is C66H125NO5. The summed E-state index contributed by atoms with van der Waals surface area (Å²) in [6, 6.07) is -0.626. The molecule has 0 aliphatic rings. The van der Waals surface area contributed by atoms with E-state index in [2.05, 4.69) is 43.5 Å². The van der Waals surface area contributed by atoms with Gasteiger partial charge in [0.05, 0.1) is 25.4 Å². The van der Waals surface area contributed by atoms with Crippen LogP contribution in [-0.2, 0) is 14.3 Å². The van der Waals surface area contributed by atoms with Crippen molar-refractivity contribution in [3.05, 3.63) is 36.5 Å². The van der Waals surface area contributed by atoms with Crippen LogP contribution in [0.4, 0.5) is 0 Å². The van der Waals surface area contributed by atoms with E-state index in [1.807, 2.05) is 6.08 Å². The van der Waals surface area contributed by atoms with Crippen molar-refractivity contribution in [1.29, 1.82) is 0 Å². The summed E-state index contributed by atoms with van der Waals surface area (Å²) in [5.74, 6) is -0.0571. The number of nitrogens with one attached hydrogen (secondary N) is 1. The standard InChI is InChI=1S/C66H125NO5/c1-3-5-7-9-11-13-15-16-17-30-34-37-40-44-48-52-56-60-66(71)72-61-57-53-49-45-41-38-35-32-29-27-25-23-21-19-18-20-22-24-26-28-31-33-36-39-43-47-51-55-59-65(70)67-63(62-68)64(69)58-54-50-46-42-14-12-10-8-6-4-2/h16-19,54,58,63-64,68-69H,3-15,20-53,55-57,59-62H2,1-2H3,(H,67,70)/b17-16-,19-18-,58-54+. The molecular weight excluding hydrogens is 887 g/mol. The second-order valence-corrected chi connectivity index (χ2v) is 22.1. The molecule has 0 aromatic heterocycles. The smallest absolute Gasteiger partial charge is 0.305 e. The number of esters is 1. The van der Waals surface area contributed by atoms with Crippen LogP contribution in [-0.4, -0.2) is 47.4 Å². The van der Waals surface area contributed by atoms with E-state index in [0.717, 1.165) is 44.9 Å². The lowest BCUT2D eigenvalue weighted by Gasteiger charge is -2.20. The molecule has 0 aliphatic carbocycles. The monoisotopic (exact) mass is 1010 g/mol. The summed E-state index contributed by atoms with van der Waals surface area (Å²) >= 11 is 0. The van der Waals surface area contributed by atoms with Crippen molar-refractivity contribution < 1.29 is 24.5 Å². The molecule has 3 N–H and O–H groups in total. The lowest BCUT2D eigenvalue weighted by molar-refractivity contribution is -0.143. The molecule has 0 radical (unpaired) electrons. The summed E-state index contributed by atoms with van der Waals surface area (Å²) in [5, 5.41) is 23.0. The van der Waals surface area contributed by atoms with Crippen molar-refractivity contribution >= 4 is 11.9 Å². The zero-order chi connectivity index (χ0) is 52.2. The van der Waals surface area contributed by atoms with Crippen LogP contribution in [0.25, 0.3) is 0 Å². The molecule has 72 heavy (non-hydrogen) atoms. The van der Waals surface area contributed by atoms with Crippen LogP contribution in [0.2, 0.25) is 0 Å². The predicted octanol–water partition coefficient (Wildman–Crippen LogP) is 20.4. The second-order valence-electron chi connectivity index (χ2n) is 22.1. The lowest BCUT2D eigenvalue weighted by Crippen LogP contribution is -2.45. The summed E-state index contributed by atoms with van der Waals surface area (Å²) < 4.78 is 5.50. The summed E-state index contributed by atoms with van der Waals surface area (Å²) in [5.41, 5.74) is 0. The number of rotatable bonds is 60. The topological polar surface area (TPSA) is 95.9 Å². The lowest BCUT2D eigenvalue weighted by atomic mass is 10.0. The minimum absolute atomic E-state index is 0.0121. The third-order valence-corrected chi connectivity index (χ3v) is 14.9. The van der Waals surface area contributed by atoms with E-state index in [1.54, 1.807) is 6.08 Å². The van der Waals surface area contributed by atoms with Gasteiger partial charge in [-0.25, -0.2) is 0 Å². The van der Waals surface area contributed by atoms with Crippen LogP contribution in [0.5, 0.6) is 0 Å². The second kappa shape index (κ2) is 61.6. The van der Waals surface area contributed by atoms with Crippen LogP contribution in [0.3, 0.4) is 0 Å². The highest BCUT2D eigenvalue weighted by atomic mass is 16.5. The molecule has 0 rings (SSSR count). The van der Waals surface area contributed by atoms with Crippen molar-refractivity contribution in [1.82, 2.24) is 5.32 Å². The molecule has 0 spiro atoms. The fourth-order valence-electron chi connectivity index (χ4n) is 9.92. The Bertz CT molecular complexity index is 1170. The highest BCUT2D eigenvalue weighted by Crippen LogP contribution is 2.17. The minimum atomic E-state index is -0.842. The van der Waals surface area contributed by atoms with Crippen LogP contribution in [0.1, 0.15) is 348 Å². The predicted molar refractivity (Wildman–Crippen MR) is 315 cm³/mol. The highest BCUT2D eigenvalue weighted by molar-refractivity contribution is 5.76. The summed E-state index contributed by atoms with van der Waals surface area (Å²) in [4.78, 5) is 24.5. The van der Waals surface area contributed by atoms with E-state index in [4.69, 9.17) is 4.74 Å². The molecule has 1 amide bonds. The zero-order valence-corrected chi connectivity index (χ0v) is 48.4. The minimum Gasteiger partial charge on any atom is -0.466 e. The first-order valence-electron chi connectivity index (χ1n) is 32.3. The molecule has 6 heteroatoms. The van der Waals surface area contributed by atoms with Crippen molar-refractivity contribution in [2.75, 3.05) is 13.2 Å². The number of aliphatic hydroxyl groups excluding tert-OH is 2. The maximum atomic E-state index is 12.4. The Balaban J connectivity index is 3.36. The van der Waals surface area contributed by atoms with E-state index < -0.39 is 12.1 Å². The van der Waals surface area contributed by atoms with Crippen LogP contribution >= 0.6 is 0 Å². The molecule has 2 atom stereocenters. The zero-order valence-electron chi connectivity index (χ0n) is 48.4. The Labute approximate surface area is 449 Å². The van der Waals surface area contributed by atoms with Gasteiger partial charge in [0.25, 0.3) is 0 Å². The number of carbonyl (C=O) groups is 2. The van der Waals surface area contributed by atoms with Gasteiger partial charge >= 0.3 is 5.97 Å². The van der Waals surface area contributed by atoms with Gasteiger partial charge in [-0.3, -0.25) is 9.59 Å². The molecule has 6 nitrogen and oxygen atoms in total. The number of carbonyl (C=O) groups excluding carboxylic acids is 2. The number of hydrogen-bond donors (Lipinski definition) is 3. The van der Waals surface area contributed by atoms with E-state index in [-0.39, 0.29) is 18.5 Å². The van der Waals surface area contributed by atoms with Gasteiger partial charge in [0.2, 0.25) is 5.91 Å². The Kier molecular flexibility index (Phi) is 60.0. The van der Waals surface area contributed by atoms with E-state index in [9.17, 15) is 19.8 Å². The van der Waals surface area contributed by atoms with Gasteiger partial charge in [0, 0.05) is 12.8 Å². The van der Waals surface area contributed by atoms with Gasteiger partial charge in [-0.2, -0.15) is 0 Å². The molecule has 0 aromatic rings. The average molecular weight is 1010 g/mol. The first-order chi connectivity index (χ1) is 35.5. The van der Waals surface area contributed by atoms with Gasteiger partial charge in [0.15, 0.2) is 0 Å². The van der Waals surface area contributed by atoms with Gasteiger partial charge in [-0.05, 0) is 83.5 Å². The Hall–Kier alpha value is -1.92. The third-order valence-electron chi connectivity index (χ3n) is 14.9.